The lowest BCUT2D eigenvalue weighted by Crippen LogP contribution is -1.99. The molecule has 0 aromatic carbocycles. The predicted octanol–water partition coefficient (Wildman–Crippen LogP) is 0.269. The van der Waals surface area contributed by atoms with Crippen LogP contribution in [-0.2, 0) is 0 Å². The standard InChI is InChI=1S/C5H10N2/c1-5-6-3-2-4-7(5)6/h5H,2-4H2,1H3. The predicted molar refractivity (Wildman–Crippen MR) is 27.5 cm³/mol. The fraction of sp³-hybridized carbons (Fsp3) is 1.00. The largest absolute Gasteiger partial charge is 0.222 e. The van der Waals surface area contributed by atoms with Crippen LogP contribution < -0.4 is 0 Å². The molecule has 0 spiro atoms. The minimum absolute atomic E-state index is 0.786. The van der Waals surface area contributed by atoms with Crippen LogP contribution in [0.3, 0.4) is 0 Å². The van der Waals surface area contributed by atoms with E-state index < -0.39 is 0 Å². The molecule has 0 aromatic rings. The normalized spacial score (nSPS) is 57.0. The van der Waals surface area contributed by atoms with Crippen LogP contribution in [0.15, 0.2) is 0 Å². The zero-order valence-electron chi connectivity index (χ0n) is 4.59. The second kappa shape index (κ2) is 1.01. The van der Waals surface area contributed by atoms with Crippen molar-refractivity contribution in [2.24, 2.45) is 0 Å². The van der Waals surface area contributed by atoms with Gasteiger partial charge in [0.2, 0.25) is 0 Å². The average molecular weight is 98.1 g/mol. The molecule has 0 aromatic heterocycles. The van der Waals surface area contributed by atoms with Gasteiger partial charge < -0.3 is 0 Å². The summed E-state index contributed by atoms with van der Waals surface area (Å²) in [6.45, 7) is 4.86. The highest BCUT2D eigenvalue weighted by molar-refractivity contribution is 4.84. The first-order chi connectivity index (χ1) is 3.39. The summed E-state index contributed by atoms with van der Waals surface area (Å²) in [5, 5.41) is 4.81. The lowest BCUT2D eigenvalue weighted by molar-refractivity contribution is 0.412. The number of hydrogen-bond donors (Lipinski definition) is 0. The summed E-state index contributed by atoms with van der Waals surface area (Å²) in [6.07, 6.45) is 2.17. The van der Waals surface area contributed by atoms with Gasteiger partial charge in [-0.2, -0.15) is 0 Å². The van der Waals surface area contributed by atoms with Gasteiger partial charge in [-0.3, -0.25) is 0 Å². The molecule has 2 rings (SSSR count). The van der Waals surface area contributed by atoms with Crippen LogP contribution in [0, 0.1) is 0 Å². The fourth-order valence-corrected chi connectivity index (χ4v) is 1.39. The summed E-state index contributed by atoms with van der Waals surface area (Å²) in [7, 11) is 0. The van der Waals surface area contributed by atoms with E-state index in [2.05, 4.69) is 16.9 Å². The van der Waals surface area contributed by atoms with Crippen LogP contribution in [0.4, 0.5) is 0 Å². The number of hydrogen-bond acceptors (Lipinski definition) is 2. The number of fused-ring (bicyclic) bond motifs is 1. The molecule has 0 N–H and O–H groups in total. The summed E-state index contributed by atoms with van der Waals surface area (Å²) in [5.74, 6) is 0. The van der Waals surface area contributed by atoms with E-state index in [4.69, 9.17) is 0 Å². The summed E-state index contributed by atoms with van der Waals surface area (Å²) < 4.78 is 0. The first kappa shape index (κ1) is 3.87. The molecule has 7 heavy (non-hydrogen) atoms. The van der Waals surface area contributed by atoms with Gasteiger partial charge in [0, 0.05) is 13.1 Å². The number of rotatable bonds is 0. The van der Waals surface area contributed by atoms with E-state index in [1.54, 1.807) is 0 Å². The quantitative estimate of drug-likeness (QED) is 0.401. The van der Waals surface area contributed by atoms with Crippen LogP contribution >= 0.6 is 0 Å². The third kappa shape index (κ3) is 0.359. The maximum absolute atomic E-state index is 2.40. The van der Waals surface area contributed by atoms with Gasteiger partial charge in [-0.05, 0) is 13.3 Å². The minimum atomic E-state index is 0.786. The van der Waals surface area contributed by atoms with E-state index in [1.807, 2.05) is 0 Å². The molecule has 2 unspecified atom stereocenters. The maximum Gasteiger partial charge on any atom is 0.0866 e. The van der Waals surface area contributed by atoms with E-state index in [0.717, 1.165) is 6.17 Å². The molecule has 0 saturated carbocycles. The van der Waals surface area contributed by atoms with Gasteiger partial charge in [-0.1, -0.05) is 0 Å². The highest BCUT2D eigenvalue weighted by Gasteiger charge is 2.44. The first-order valence-corrected chi connectivity index (χ1v) is 2.93. The molecule has 40 valence electrons. The summed E-state index contributed by atoms with van der Waals surface area (Å²) >= 11 is 0. The van der Waals surface area contributed by atoms with Crippen molar-refractivity contribution < 1.29 is 0 Å². The smallest absolute Gasteiger partial charge is 0.0866 e. The van der Waals surface area contributed by atoms with Crippen LogP contribution in [0.25, 0.3) is 0 Å². The van der Waals surface area contributed by atoms with E-state index in [0.29, 0.717) is 0 Å². The third-order valence-electron chi connectivity index (χ3n) is 1.91. The average Bonchev–Trinajstić information content (AvgIpc) is 2.26. The fourth-order valence-electron chi connectivity index (χ4n) is 1.39. The Morgan fingerprint density at radius 2 is 1.86 bits per heavy atom. The Balaban J connectivity index is 2.06. The molecule has 2 saturated heterocycles. The molecule has 2 heterocycles. The Morgan fingerprint density at radius 3 is 2.14 bits per heavy atom. The molecule has 2 fully saturated rings. The molecule has 2 nitrogen and oxygen atoms in total. The van der Waals surface area contributed by atoms with Crippen LogP contribution in [-0.4, -0.2) is 29.3 Å². The molecule has 0 bridgehead atoms. The number of nitrogens with zero attached hydrogens (tertiary/aromatic N) is 2. The van der Waals surface area contributed by atoms with E-state index >= 15 is 0 Å². The third-order valence-corrected chi connectivity index (χ3v) is 1.91. The van der Waals surface area contributed by atoms with Crippen molar-refractivity contribution in [1.82, 2.24) is 10.0 Å². The van der Waals surface area contributed by atoms with E-state index in [-0.39, 0.29) is 0 Å². The van der Waals surface area contributed by atoms with Gasteiger partial charge in [0.05, 0.1) is 6.17 Å². The molecule has 0 aliphatic carbocycles. The van der Waals surface area contributed by atoms with Gasteiger partial charge in [-0.25, -0.2) is 10.0 Å². The van der Waals surface area contributed by atoms with Crippen LogP contribution in [0.5, 0.6) is 0 Å². The maximum atomic E-state index is 2.40. The van der Waals surface area contributed by atoms with E-state index in [1.165, 1.54) is 19.5 Å². The van der Waals surface area contributed by atoms with Gasteiger partial charge in [-0.15, -0.1) is 0 Å². The van der Waals surface area contributed by atoms with Gasteiger partial charge in [0.1, 0.15) is 0 Å². The molecule has 2 aliphatic rings. The minimum Gasteiger partial charge on any atom is -0.222 e. The molecule has 2 aliphatic heterocycles. The zero-order valence-corrected chi connectivity index (χ0v) is 4.59. The highest BCUT2D eigenvalue weighted by atomic mass is 15.9. The molecule has 0 amide bonds. The molecular formula is C5H10N2. The van der Waals surface area contributed by atoms with E-state index in [9.17, 15) is 0 Å². The topological polar surface area (TPSA) is 6.02 Å². The summed E-state index contributed by atoms with van der Waals surface area (Å²) in [6, 6.07) is 0. The van der Waals surface area contributed by atoms with Crippen molar-refractivity contribution in [2.75, 3.05) is 13.1 Å². The monoisotopic (exact) mass is 98.1 g/mol. The second-order valence-electron chi connectivity index (χ2n) is 2.31. The Morgan fingerprint density at radius 1 is 1.29 bits per heavy atom. The Kier molecular flexibility index (Phi) is 0.557. The van der Waals surface area contributed by atoms with Crippen LogP contribution in [0.1, 0.15) is 13.3 Å². The highest BCUT2D eigenvalue weighted by Crippen LogP contribution is 2.30. The van der Waals surface area contributed by atoms with Gasteiger partial charge in [0.25, 0.3) is 0 Å². The van der Waals surface area contributed by atoms with Crippen LogP contribution in [0.2, 0.25) is 0 Å². The molecule has 0 radical (unpaired) electrons. The van der Waals surface area contributed by atoms with Crippen molar-refractivity contribution in [3.63, 3.8) is 0 Å². The van der Waals surface area contributed by atoms with Crippen molar-refractivity contribution in [3.8, 4) is 0 Å². The number of hydrazine groups is 1. The molecule has 2 atom stereocenters. The van der Waals surface area contributed by atoms with Crippen molar-refractivity contribution in [2.45, 2.75) is 19.5 Å². The van der Waals surface area contributed by atoms with Crippen molar-refractivity contribution in [1.29, 1.82) is 0 Å². The summed E-state index contributed by atoms with van der Waals surface area (Å²) in [5.41, 5.74) is 0. The first-order valence-electron chi connectivity index (χ1n) is 2.93. The Bertz CT molecular complexity index is 82.1. The Hall–Kier alpha value is -0.0800. The molecule has 2 heteroatoms. The summed E-state index contributed by atoms with van der Waals surface area (Å²) in [4.78, 5) is 0. The SMILES string of the molecule is CC1N2CCCN12. The zero-order chi connectivity index (χ0) is 4.85. The van der Waals surface area contributed by atoms with Crippen molar-refractivity contribution in [3.05, 3.63) is 0 Å². The lowest BCUT2D eigenvalue weighted by atomic mass is 10.4. The van der Waals surface area contributed by atoms with Crippen molar-refractivity contribution >= 4 is 0 Å². The van der Waals surface area contributed by atoms with Gasteiger partial charge in [0.15, 0.2) is 0 Å². The lowest BCUT2D eigenvalue weighted by Gasteiger charge is -1.87. The molecular weight excluding hydrogens is 88.1 g/mol. The second-order valence-corrected chi connectivity index (χ2v) is 2.31. The van der Waals surface area contributed by atoms with Gasteiger partial charge >= 0.3 is 0 Å². The Labute approximate surface area is 43.7 Å².